The van der Waals surface area contributed by atoms with Crippen molar-refractivity contribution < 1.29 is 9.18 Å². The Balaban J connectivity index is 1.51. The third kappa shape index (κ3) is 4.15. The van der Waals surface area contributed by atoms with Crippen molar-refractivity contribution >= 4 is 45.2 Å². The van der Waals surface area contributed by atoms with Crippen molar-refractivity contribution in [3.05, 3.63) is 101 Å². The molecule has 3 aromatic carbocycles. The van der Waals surface area contributed by atoms with Gasteiger partial charge in [0.25, 0.3) is 5.56 Å². The summed E-state index contributed by atoms with van der Waals surface area (Å²) in [5.41, 5.74) is 2.15. The van der Waals surface area contributed by atoms with Gasteiger partial charge in [-0.25, -0.2) is 9.37 Å². The van der Waals surface area contributed by atoms with Gasteiger partial charge in [-0.05, 0) is 67.6 Å². The van der Waals surface area contributed by atoms with Crippen molar-refractivity contribution in [3.63, 3.8) is 0 Å². The molecule has 1 atom stereocenters. The number of hydrogen-bond acceptors (Lipinski definition) is 5. The number of halogens is 1. The number of anilines is 1. The summed E-state index contributed by atoms with van der Waals surface area (Å²) in [6.45, 7) is 1.75. The number of nitrogens with zero attached hydrogens (tertiary/aromatic N) is 3. The summed E-state index contributed by atoms with van der Waals surface area (Å²) in [5.74, 6) is -0.647. The van der Waals surface area contributed by atoms with Crippen LogP contribution in [0.25, 0.3) is 27.5 Å². The first-order valence-corrected chi connectivity index (χ1v) is 11.5. The maximum absolute atomic E-state index is 13.5. The zero-order valence-corrected chi connectivity index (χ0v) is 18.9. The Morgan fingerprint density at radius 3 is 2.50 bits per heavy atom. The molecule has 6 nitrogen and oxygen atoms in total. The fraction of sp³-hybridized carbons (Fsp3) is 0.0769. The molecule has 1 unspecified atom stereocenters. The number of benzene rings is 3. The lowest BCUT2D eigenvalue weighted by atomic mass is 10.2. The largest absolute Gasteiger partial charge is 0.324 e. The number of hydrogen-bond donors (Lipinski definition) is 1. The van der Waals surface area contributed by atoms with E-state index in [-0.39, 0.29) is 11.5 Å². The first-order valence-electron chi connectivity index (χ1n) is 10.6. The van der Waals surface area contributed by atoms with E-state index in [2.05, 4.69) is 15.3 Å². The number of nitrogens with one attached hydrogen (secondary N) is 1. The minimum Gasteiger partial charge on any atom is -0.324 e. The van der Waals surface area contributed by atoms with Crippen molar-refractivity contribution in [3.8, 4) is 5.69 Å². The molecular formula is C26H19FN4O2S. The Labute approximate surface area is 198 Å². The van der Waals surface area contributed by atoms with Gasteiger partial charge in [-0.2, -0.15) is 0 Å². The van der Waals surface area contributed by atoms with E-state index < -0.39 is 11.1 Å². The van der Waals surface area contributed by atoms with Crippen molar-refractivity contribution in [1.29, 1.82) is 0 Å². The molecular weight excluding hydrogens is 451 g/mol. The zero-order valence-electron chi connectivity index (χ0n) is 18.1. The average Bonchev–Trinajstić information content (AvgIpc) is 2.85. The molecule has 0 aliphatic rings. The van der Waals surface area contributed by atoms with E-state index >= 15 is 0 Å². The van der Waals surface area contributed by atoms with E-state index in [1.165, 1.54) is 28.8 Å². The van der Waals surface area contributed by atoms with Crippen LogP contribution in [0.3, 0.4) is 0 Å². The number of amides is 1. The first-order chi connectivity index (χ1) is 16.5. The number of carbonyl (C=O) groups is 1. The fourth-order valence-corrected chi connectivity index (χ4v) is 4.59. The molecule has 0 saturated heterocycles. The van der Waals surface area contributed by atoms with Crippen molar-refractivity contribution in [2.24, 2.45) is 0 Å². The number of aromatic nitrogens is 3. The molecule has 0 fully saturated rings. The van der Waals surface area contributed by atoms with E-state index in [0.717, 1.165) is 22.7 Å². The molecule has 0 bridgehead atoms. The highest BCUT2D eigenvalue weighted by Crippen LogP contribution is 2.27. The maximum atomic E-state index is 13.5. The lowest BCUT2D eigenvalue weighted by Crippen LogP contribution is -2.26. The topological polar surface area (TPSA) is 76.9 Å². The highest BCUT2D eigenvalue weighted by Gasteiger charge is 2.21. The second-order valence-corrected chi connectivity index (χ2v) is 8.96. The molecule has 1 N–H and O–H groups in total. The summed E-state index contributed by atoms with van der Waals surface area (Å²) in [4.78, 5) is 35.4. The SMILES string of the molecule is CC(Sc1nc2ccccc2c(=O)n1-c1ccc(F)cc1)C(=O)Nc1cccc2ncccc12. The molecule has 2 aromatic heterocycles. The van der Waals surface area contributed by atoms with Gasteiger partial charge in [0.05, 0.1) is 33.0 Å². The van der Waals surface area contributed by atoms with Crippen LogP contribution in [0.4, 0.5) is 10.1 Å². The van der Waals surface area contributed by atoms with E-state index in [9.17, 15) is 14.0 Å². The smallest absolute Gasteiger partial charge is 0.266 e. The average molecular weight is 471 g/mol. The van der Waals surface area contributed by atoms with Gasteiger partial charge < -0.3 is 5.32 Å². The molecule has 168 valence electrons. The highest BCUT2D eigenvalue weighted by molar-refractivity contribution is 8.00. The van der Waals surface area contributed by atoms with Crippen molar-refractivity contribution in [2.75, 3.05) is 5.32 Å². The number of thioether (sulfide) groups is 1. The van der Waals surface area contributed by atoms with Crippen LogP contribution in [0.1, 0.15) is 6.92 Å². The first kappa shape index (κ1) is 21.8. The number of fused-ring (bicyclic) bond motifs is 2. The summed E-state index contributed by atoms with van der Waals surface area (Å²) in [6.07, 6.45) is 1.70. The second-order valence-electron chi connectivity index (χ2n) is 7.65. The number of carbonyl (C=O) groups excluding carboxylic acids is 1. The number of rotatable bonds is 5. The van der Waals surface area contributed by atoms with Crippen LogP contribution in [0.5, 0.6) is 0 Å². The van der Waals surface area contributed by atoms with Crippen LogP contribution in [-0.2, 0) is 4.79 Å². The lowest BCUT2D eigenvalue weighted by molar-refractivity contribution is -0.115. The summed E-state index contributed by atoms with van der Waals surface area (Å²) in [7, 11) is 0. The van der Waals surface area contributed by atoms with E-state index in [1.54, 1.807) is 37.4 Å². The van der Waals surface area contributed by atoms with Crippen LogP contribution in [0, 0.1) is 5.82 Å². The quantitative estimate of drug-likeness (QED) is 0.283. The third-order valence-electron chi connectivity index (χ3n) is 5.38. The Bertz CT molecular complexity index is 1580. The third-order valence-corrected chi connectivity index (χ3v) is 6.44. The summed E-state index contributed by atoms with van der Waals surface area (Å²) < 4.78 is 14.9. The monoisotopic (exact) mass is 470 g/mol. The predicted octanol–water partition coefficient (Wildman–Crippen LogP) is 5.19. The normalized spacial score (nSPS) is 12.1. The zero-order chi connectivity index (χ0) is 23.7. The van der Waals surface area contributed by atoms with Gasteiger partial charge in [0.2, 0.25) is 5.91 Å². The van der Waals surface area contributed by atoms with Gasteiger partial charge in [0, 0.05) is 11.6 Å². The van der Waals surface area contributed by atoms with Crippen molar-refractivity contribution in [1.82, 2.24) is 14.5 Å². The highest BCUT2D eigenvalue weighted by atomic mass is 32.2. The molecule has 1 amide bonds. The Morgan fingerprint density at radius 1 is 0.941 bits per heavy atom. The molecule has 2 heterocycles. The molecule has 5 rings (SSSR count). The summed E-state index contributed by atoms with van der Waals surface area (Å²) in [5, 5.41) is 4.00. The maximum Gasteiger partial charge on any atom is 0.266 e. The van der Waals surface area contributed by atoms with Crippen molar-refractivity contribution in [2.45, 2.75) is 17.3 Å². The molecule has 0 saturated carbocycles. The molecule has 0 aliphatic carbocycles. The summed E-state index contributed by atoms with van der Waals surface area (Å²) >= 11 is 1.16. The molecule has 0 spiro atoms. The summed E-state index contributed by atoms with van der Waals surface area (Å²) in [6, 6.07) is 21.9. The minimum absolute atomic E-state index is 0.241. The molecule has 5 aromatic rings. The van der Waals surface area contributed by atoms with Gasteiger partial charge in [-0.15, -0.1) is 0 Å². The van der Waals surface area contributed by atoms with Crippen LogP contribution in [-0.4, -0.2) is 25.7 Å². The molecule has 0 radical (unpaired) electrons. The van der Waals surface area contributed by atoms with Crippen LogP contribution < -0.4 is 10.9 Å². The Kier molecular flexibility index (Phi) is 5.81. The molecule has 8 heteroatoms. The second kappa shape index (κ2) is 9.07. The van der Waals surface area contributed by atoms with E-state index in [0.29, 0.717) is 27.4 Å². The fourth-order valence-electron chi connectivity index (χ4n) is 3.67. The van der Waals surface area contributed by atoms with Gasteiger partial charge in [-0.1, -0.05) is 30.0 Å². The molecule has 34 heavy (non-hydrogen) atoms. The number of para-hydroxylation sites is 1. The predicted molar refractivity (Wildman–Crippen MR) is 133 cm³/mol. The standard InChI is InChI=1S/C26H19FN4O2S/c1-16(24(32)29-22-10-4-9-21-19(22)7-5-15-28-21)34-26-30-23-8-3-2-6-20(23)25(33)31(26)18-13-11-17(27)12-14-18/h2-16H,1H3,(H,29,32). The van der Waals surface area contributed by atoms with E-state index in [1.807, 2.05) is 30.3 Å². The van der Waals surface area contributed by atoms with Gasteiger partial charge >= 0.3 is 0 Å². The van der Waals surface area contributed by atoms with Crippen LogP contribution in [0.2, 0.25) is 0 Å². The molecule has 0 aliphatic heterocycles. The number of pyridine rings is 1. The lowest BCUT2D eigenvalue weighted by Gasteiger charge is -2.17. The van der Waals surface area contributed by atoms with Gasteiger partial charge in [0.1, 0.15) is 5.82 Å². The van der Waals surface area contributed by atoms with Gasteiger partial charge in [-0.3, -0.25) is 19.1 Å². The van der Waals surface area contributed by atoms with Gasteiger partial charge in [0.15, 0.2) is 5.16 Å². The Morgan fingerprint density at radius 2 is 1.68 bits per heavy atom. The minimum atomic E-state index is -0.577. The van der Waals surface area contributed by atoms with E-state index in [4.69, 9.17) is 0 Å². The van der Waals surface area contributed by atoms with Crippen LogP contribution >= 0.6 is 11.8 Å². The van der Waals surface area contributed by atoms with Crippen LogP contribution in [0.15, 0.2) is 95.0 Å². The Hall–Kier alpha value is -4.04.